The summed E-state index contributed by atoms with van der Waals surface area (Å²) in [5.74, 6) is -0.763. The summed E-state index contributed by atoms with van der Waals surface area (Å²) >= 11 is 5.60. The lowest BCUT2D eigenvalue weighted by atomic mass is 10.2. The monoisotopic (exact) mass is 384 g/mol. The molecule has 0 saturated heterocycles. The maximum Gasteiger partial charge on any atom is 0.300 e. The van der Waals surface area contributed by atoms with E-state index in [1.54, 1.807) is 4.68 Å². The molecule has 3 aromatic rings. The van der Waals surface area contributed by atoms with Gasteiger partial charge in [0.25, 0.3) is 23.3 Å². The molecule has 7 nitrogen and oxygen atoms in total. The van der Waals surface area contributed by atoms with Crippen molar-refractivity contribution in [2.24, 2.45) is 0 Å². The van der Waals surface area contributed by atoms with E-state index in [2.05, 4.69) is 20.9 Å². The van der Waals surface area contributed by atoms with Gasteiger partial charge in [-0.1, -0.05) is 60.7 Å². The molecule has 0 atom stereocenters. The summed E-state index contributed by atoms with van der Waals surface area (Å²) < 4.78 is 1.59. The van der Waals surface area contributed by atoms with E-state index >= 15 is 0 Å². The number of hydrogen-bond donors (Lipinski definition) is 3. The summed E-state index contributed by atoms with van der Waals surface area (Å²) in [5, 5.41) is 12.3. The van der Waals surface area contributed by atoms with Gasteiger partial charge >= 0.3 is 0 Å². The minimum atomic E-state index is -0.419. The van der Waals surface area contributed by atoms with Crippen LogP contribution in [0.5, 0.6) is 0 Å². The van der Waals surface area contributed by atoms with Crippen molar-refractivity contribution in [1.82, 2.24) is 15.6 Å². The number of nitrogens with one attached hydrogen (secondary N) is 3. The molecule has 3 N–H and O–H groups in total. The van der Waals surface area contributed by atoms with Crippen LogP contribution in [0, 0.1) is 0 Å². The highest BCUT2D eigenvalue weighted by molar-refractivity contribution is 6.29. The number of nitrogens with zero attached hydrogens (tertiary/aromatic N) is 2. The Bertz CT molecular complexity index is 912. The fraction of sp³-hybridized carbons (Fsp3) is 0.158. The van der Waals surface area contributed by atoms with Crippen LogP contribution >= 0.6 is 11.6 Å². The molecular weight excluding hydrogens is 366 g/mol. The highest BCUT2D eigenvalue weighted by Gasteiger charge is 2.28. The molecule has 1 heterocycles. The number of H-pyrrole nitrogens is 1. The molecular formula is C19H19ClN5O2+. The van der Waals surface area contributed by atoms with Gasteiger partial charge in [-0.15, -0.1) is 16.8 Å². The third-order valence-corrected chi connectivity index (χ3v) is 4.09. The van der Waals surface area contributed by atoms with Gasteiger partial charge in [0.2, 0.25) is 0 Å². The topological polar surface area (TPSA) is 90.8 Å². The first kappa shape index (κ1) is 18.6. The minimum absolute atomic E-state index is 0.0975. The van der Waals surface area contributed by atoms with Gasteiger partial charge in [-0.2, -0.15) is 4.68 Å². The van der Waals surface area contributed by atoms with E-state index in [-0.39, 0.29) is 17.4 Å². The van der Waals surface area contributed by atoms with Crippen molar-refractivity contribution in [1.29, 1.82) is 0 Å². The first-order chi connectivity index (χ1) is 13.2. The van der Waals surface area contributed by atoms with Crippen molar-refractivity contribution in [3.63, 3.8) is 0 Å². The number of halogens is 1. The van der Waals surface area contributed by atoms with E-state index in [1.807, 2.05) is 60.7 Å². The van der Waals surface area contributed by atoms with Gasteiger partial charge in [0, 0.05) is 6.54 Å². The zero-order valence-electron chi connectivity index (χ0n) is 14.5. The molecule has 0 aliphatic rings. The van der Waals surface area contributed by atoms with Crippen molar-refractivity contribution in [2.75, 3.05) is 11.2 Å². The summed E-state index contributed by atoms with van der Waals surface area (Å²) in [6, 6.07) is 19.2. The largest absolute Gasteiger partial charge is 0.345 e. The molecule has 0 fully saturated rings. The first-order valence-corrected chi connectivity index (χ1v) is 8.91. The van der Waals surface area contributed by atoms with Crippen LogP contribution in [0.3, 0.4) is 0 Å². The maximum atomic E-state index is 12.6. The second kappa shape index (κ2) is 8.95. The Labute approximate surface area is 161 Å². The fourth-order valence-electron chi connectivity index (χ4n) is 2.53. The van der Waals surface area contributed by atoms with Crippen LogP contribution in [0.4, 0.5) is 5.82 Å². The van der Waals surface area contributed by atoms with Gasteiger partial charge in [-0.3, -0.25) is 9.59 Å². The Morgan fingerprint density at radius 1 is 1.00 bits per heavy atom. The average molecular weight is 385 g/mol. The molecule has 2 aromatic carbocycles. The quantitative estimate of drug-likeness (QED) is 0.429. The first-order valence-electron chi connectivity index (χ1n) is 8.37. The Hall–Kier alpha value is -3.19. The SMILES string of the molecule is O=C(CCl)Nc1c(C(=O)NCc2ccccc2)n[nH][n+]1Cc1ccccc1. The summed E-state index contributed by atoms with van der Waals surface area (Å²) in [7, 11) is 0. The van der Waals surface area contributed by atoms with E-state index in [4.69, 9.17) is 11.6 Å². The number of alkyl halides is 1. The van der Waals surface area contributed by atoms with Crippen LogP contribution in [0.25, 0.3) is 0 Å². The number of carbonyl (C=O) groups excluding carboxylic acids is 2. The van der Waals surface area contributed by atoms with Crippen LogP contribution in [0.15, 0.2) is 60.7 Å². The van der Waals surface area contributed by atoms with Crippen molar-refractivity contribution >= 4 is 29.2 Å². The molecule has 138 valence electrons. The van der Waals surface area contributed by atoms with Gasteiger partial charge in [0.1, 0.15) is 12.4 Å². The number of benzene rings is 2. The Morgan fingerprint density at radius 2 is 1.63 bits per heavy atom. The number of amides is 2. The van der Waals surface area contributed by atoms with Gasteiger partial charge in [-0.05, 0) is 16.2 Å². The summed E-state index contributed by atoms with van der Waals surface area (Å²) in [4.78, 5) is 24.4. The lowest BCUT2D eigenvalue weighted by Gasteiger charge is -2.04. The molecule has 0 aliphatic carbocycles. The van der Waals surface area contributed by atoms with Crippen LogP contribution in [-0.2, 0) is 17.9 Å². The van der Waals surface area contributed by atoms with Crippen LogP contribution in [-0.4, -0.2) is 28.0 Å². The number of aromatic amines is 1. The van der Waals surface area contributed by atoms with Gasteiger partial charge in [0.15, 0.2) is 0 Å². The number of carbonyl (C=O) groups is 2. The second-order valence-corrected chi connectivity index (χ2v) is 6.10. The third-order valence-electron chi connectivity index (χ3n) is 3.85. The smallest absolute Gasteiger partial charge is 0.300 e. The van der Waals surface area contributed by atoms with Crippen molar-refractivity contribution in [3.8, 4) is 0 Å². The van der Waals surface area contributed by atoms with Crippen molar-refractivity contribution in [2.45, 2.75) is 13.1 Å². The minimum Gasteiger partial charge on any atom is -0.345 e. The Kier molecular flexibility index (Phi) is 6.17. The highest BCUT2D eigenvalue weighted by Crippen LogP contribution is 2.09. The predicted octanol–water partition coefficient (Wildman–Crippen LogP) is 1.85. The summed E-state index contributed by atoms with van der Waals surface area (Å²) in [6.45, 7) is 0.770. The summed E-state index contributed by atoms with van der Waals surface area (Å²) in [5.41, 5.74) is 2.05. The van der Waals surface area contributed by atoms with Crippen LogP contribution in [0.2, 0.25) is 0 Å². The van der Waals surface area contributed by atoms with Crippen molar-refractivity contribution < 1.29 is 14.3 Å². The molecule has 0 bridgehead atoms. The van der Waals surface area contributed by atoms with E-state index in [0.29, 0.717) is 13.1 Å². The molecule has 0 aliphatic heterocycles. The van der Waals surface area contributed by atoms with Crippen molar-refractivity contribution in [3.05, 3.63) is 77.5 Å². The molecule has 0 spiro atoms. The highest BCUT2D eigenvalue weighted by atomic mass is 35.5. The Balaban J connectivity index is 1.80. The zero-order chi connectivity index (χ0) is 19.1. The number of rotatable bonds is 7. The van der Waals surface area contributed by atoms with E-state index in [0.717, 1.165) is 11.1 Å². The maximum absolute atomic E-state index is 12.6. The number of aromatic nitrogens is 3. The van der Waals surface area contributed by atoms with Gasteiger partial charge in [-0.25, -0.2) is 5.32 Å². The molecule has 2 amide bonds. The van der Waals surface area contributed by atoms with Crippen LogP contribution in [0.1, 0.15) is 21.6 Å². The predicted molar refractivity (Wildman–Crippen MR) is 101 cm³/mol. The second-order valence-electron chi connectivity index (χ2n) is 5.83. The lowest BCUT2D eigenvalue weighted by Crippen LogP contribution is -2.41. The normalized spacial score (nSPS) is 10.4. The lowest BCUT2D eigenvalue weighted by molar-refractivity contribution is -0.732. The zero-order valence-corrected chi connectivity index (χ0v) is 15.2. The molecule has 0 unspecified atom stereocenters. The van der Waals surface area contributed by atoms with Gasteiger partial charge < -0.3 is 5.32 Å². The van der Waals surface area contributed by atoms with Gasteiger partial charge in [0.05, 0.1) is 0 Å². The van der Waals surface area contributed by atoms with E-state index < -0.39 is 11.8 Å². The average Bonchev–Trinajstić information content (AvgIpc) is 3.09. The van der Waals surface area contributed by atoms with E-state index in [1.165, 1.54) is 0 Å². The molecule has 0 radical (unpaired) electrons. The molecule has 3 rings (SSSR count). The number of hydrogen-bond acceptors (Lipinski definition) is 3. The molecule has 1 aromatic heterocycles. The van der Waals surface area contributed by atoms with Crippen LogP contribution < -0.4 is 15.3 Å². The number of anilines is 1. The summed E-state index contributed by atoms with van der Waals surface area (Å²) in [6.07, 6.45) is 0. The molecule has 0 saturated carbocycles. The standard InChI is InChI=1S/C19H18ClN5O2/c20-11-16(26)22-18-17(19(27)21-12-14-7-3-1-4-8-14)23-24-25(18)13-15-9-5-2-6-10-15/h1-10H,11-13H2,(H2,21,22,24,26,27)/p+1. The molecule has 8 heteroatoms. The fourth-order valence-corrected chi connectivity index (χ4v) is 2.60. The van der Waals surface area contributed by atoms with E-state index in [9.17, 15) is 9.59 Å². The Morgan fingerprint density at radius 3 is 2.26 bits per heavy atom. The third kappa shape index (κ3) is 4.92. The molecule has 27 heavy (non-hydrogen) atoms.